The van der Waals surface area contributed by atoms with Gasteiger partial charge in [-0.05, 0) is 47.0 Å². The van der Waals surface area contributed by atoms with E-state index in [4.69, 9.17) is 4.74 Å². The molecule has 0 radical (unpaired) electrons. The van der Waals surface area contributed by atoms with Crippen LogP contribution in [0.5, 0.6) is 0 Å². The lowest BCUT2D eigenvalue weighted by Gasteiger charge is -2.31. The Balaban J connectivity index is 2.53. The van der Waals surface area contributed by atoms with Crippen LogP contribution in [0, 0.1) is 5.41 Å². The van der Waals surface area contributed by atoms with Gasteiger partial charge in [-0.3, -0.25) is 4.79 Å². The second kappa shape index (κ2) is 7.82. The molecular weight excluding hydrogens is 242 g/mol. The first-order chi connectivity index (χ1) is 8.99. The molecule has 1 N–H and O–H groups in total. The monoisotopic (exact) mass is 271 g/mol. The van der Waals surface area contributed by atoms with Gasteiger partial charge < -0.3 is 19.9 Å². The summed E-state index contributed by atoms with van der Waals surface area (Å²) in [4.78, 5) is 16.8. The number of amides is 1. The summed E-state index contributed by atoms with van der Waals surface area (Å²) in [6, 6.07) is 0. The molecule has 1 heterocycles. The molecule has 0 aromatic carbocycles. The fourth-order valence-electron chi connectivity index (χ4n) is 2.48. The molecule has 0 aromatic rings. The molecule has 0 spiro atoms. The van der Waals surface area contributed by atoms with Gasteiger partial charge in [0, 0.05) is 26.7 Å². The van der Waals surface area contributed by atoms with Crippen molar-refractivity contribution in [2.45, 2.75) is 19.8 Å². The molecule has 5 heteroatoms. The fourth-order valence-corrected chi connectivity index (χ4v) is 2.48. The van der Waals surface area contributed by atoms with Crippen molar-refractivity contribution in [2.24, 2.45) is 5.41 Å². The van der Waals surface area contributed by atoms with E-state index in [1.807, 2.05) is 4.90 Å². The second-order valence-corrected chi connectivity index (χ2v) is 5.93. The molecular formula is C14H29N3O2. The van der Waals surface area contributed by atoms with Crippen LogP contribution in [0.15, 0.2) is 0 Å². The highest BCUT2D eigenvalue weighted by atomic mass is 16.5. The lowest BCUT2D eigenvalue weighted by Crippen LogP contribution is -2.45. The normalized spacial score (nSPS) is 23.0. The third-order valence-electron chi connectivity index (χ3n) is 3.77. The molecule has 1 unspecified atom stereocenters. The highest BCUT2D eigenvalue weighted by Gasteiger charge is 2.38. The SMILES string of the molecule is COCCN(CCCN(C)C)C(=O)C1(C)CCNC1. The first-order valence-corrected chi connectivity index (χ1v) is 7.13. The van der Waals surface area contributed by atoms with E-state index in [2.05, 4.69) is 31.2 Å². The van der Waals surface area contributed by atoms with Gasteiger partial charge in [-0.25, -0.2) is 0 Å². The Morgan fingerprint density at radius 1 is 1.32 bits per heavy atom. The Bertz CT molecular complexity index is 276. The Morgan fingerprint density at radius 2 is 2.05 bits per heavy atom. The van der Waals surface area contributed by atoms with Crippen molar-refractivity contribution in [2.75, 3.05) is 60.5 Å². The van der Waals surface area contributed by atoms with Gasteiger partial charge in [-0.15, -0.1) is 0 Å². The maximum absolute atomic E-state index is 12.7. The van der Waals surface area contributed by atoms with Crippen LogP contribution in [-0.4, -0.2) is 76.2 Å². The molecule has 0 aromatic heterocycles. The molecule has 0 saturated carbocycles. The molecule has 112 valence electrons. The molecule has 0 bridgehead atoms. The second-order valence-electron chi connectivity index (χ2n) is 5.93. The molecule has 1 saturated heterocycles. The Kier molecular flexibility index (Phi) is 6.75. The molecule has 1 amide bonds. The van der Waals surface area contributed by atoms with Gasteiger partial charge in [0.05, 0.1) is 12.0 Å². The smallest absolute Gasteiger partial charge is 0.229 e. The van der Waals surface area contributed by atoms with Crippen LogP contribution in [0.4, 0.5) is 0 Å². The van der Waals surface area contributed by atoms with E-state index < -0.39 is 0 Å². The van der Waals surface area contributed by atoms with Crippen LogP contribution < -0.4 is 5.32 Å². The van der Waals surface area contributed by atoms with E-state index in [0.717, 1.165) is 39.0 Å². The van der Waals surface area contributed by atoms with E-state index in [0.29, 0.717) is 13.2 Å². The van der Waals surface area contributed by atoms with Crippen LogP contribution in [0.1, 0.15) is 19.8 Å². The highest BCUT2D eigenvalue weighted by molar-refractivity contribution is 5.83. The zero-order chi connectivity index (χ0) is 14.3. The average molecular weight is 271 g/mol. The minimum atomic E-state index is -0.230. The summed E-state index contributed by atoms with van der Waals surface area (Å²) in [6.07, 6.45) is 1.94. The number of ether oxygens (including phenoxy) is 1. The summed E-state index contributed by atoms with van der Waals surface area (Å²) >= 11 is 0. The zero-order valence-electron chi connectivity index (χ0n) is 12.9. The molecule has 0 aliphatic carbocycles. The number of rotatable bonds is 8. The fraction of sp³-hybridized carbons (Fsp3) is 0.929. The van der Waals surface area contributed by atoms with Crippen LogP contribution in [0.3, 0.4) is 0 Å². The van der Waals surface area contributed by atoms with Gasteiger partial charge in [0.15, 0.2) is 0 Å². The lowest BCUT2D eigenvalue weighted by molar-refractivity contribution is -0.141. The molecule has 1 atom stereocenters. The van der Waals surface area contributed by atoms with Crippen molar-refractivity contribution in [3.05, 3.63) is 0 Å². The van der Waals surface area contributed by atoms with E-state index >= 15 is 0 Å². The van der Waals surface area contributed by atoms with Crippen LogP contribution in [-0.2, 0) is 9.53 Å². The Morgan fingerprint density at radius 3 is 2.58 bits per heavy atom. The van der Waals surface area contributed by atoms with Gasteiger partial charge in [-0.1, -0.05) is 0 Å². The van der Waals surface area contributed by atoms with Crippen molar-refractivity contribution in [1.82, 2.24) is 15.1 Å². The molecule has 5 nitrogen and oxygen atoms in total. The minimum absolute atomic E-state index is 0.230. The Hall–Kier alpha value is -0.650. The summed E-state index contributed by atoms with van der Waals surface area (Å²) in [5.41, 5.74) is -0.230. The first-order valence-electron chi connectivity index (χ1n) is 7.13. The quantitative estimate of drug-likeness (QED) is 0.695. The maximum Gasteiger partial charge on any atom is 0.229 e. The number of carbonyl (C=O) groups excluding carboxylic acids is 1. The summed E-state index contributed by atoms with van der Waals surface area (Å²) in [5.74, 6) is 0.272. The topological polar surface area (TPSA) is 44.8 Å². The zero-order valence-corrected chi connectivity index (χ0v) is 12.9. The molecule has 1 rings (SSSR count). The standard InChI is InChI=1S/C14H29N3O2/c1-14(6-7-15-12-14)13(18)17(10-11-19-4)9-5-8-16(2)3/h15H,5-12H2,1-4H3. The van der Waals surface area contributed by atoms with E-state index in [1.54, 1.807) is 7.11 Å². The third-order valence-corrected chi connectivity index (χ3v) is 3.77. The molecule has 1 aliphatic rings. The predicted octanol–water partition coefficient (Wildman–Crippen LogP) is 0.413. The van der Waals surface area contributed by atoms with Crippen molar-refractivity contribution in [3.8, 4) is 0 Å². The Labute approximate surface area is 117 Å². The number of nitrogens with zero attached hydrogens (tertiary/aromatic N) is 2. The van der Waals surface area contributed by atoms with E-state index in [9.17, 15) is 4.79 Å². The number of methoxy groups -OCH3 is 1. The summed E-state index contributed by atoms with van der Waals surface area (Å²) in [7, 11) is 5.80. The number of carbonyl (C=O) groups is 1. The average Bonchev–Trinajstić information content (AvgIpc) is 2.80. The number of hydrogen-bond donors (Lipinski definition) is 1. The van der Waals surface area contributed by atoms with Crippen LogP contribution in [0.2, 0.25) is 0 Å². The molecule has 1 fully saturated rings. The van der Waals surface area contributed by atoms with Crippen molar-refractivity contribution in [3.63, 3.8) is 0 Å². The summed E-state index contributed by atoms with van der Waals surface area (Å²) in [6.45, 7) is 6.93. The van der Waals surface area contributed by atoms with Crippen molar-refractivity contribution < 1.29 is 9.53 Å². The number of nitrogens with one attached hydrogen (secondary N) is 1. The van der Waals surface area contributed by atoms with Gasteiger partial charge >= 0.3 is 0 Å². The highest BCUT2D eigenvalue weighted by Crippen LogP contribution is 2.27. The van der Waals surface area contributed by atoms with Gasteiger partial charge in [0.2, 0.25) is 5.91 Å². The largest absolute Gasteiger partial charge is 0.383 e. The molecule has 19 heavy (non-hydrogen) atoms. The minimum Gasteiger partial charge on any atom is -0.383 e. The maximum atomic E-state index is 12.7. The predicted molar refractivity (Wildman–Crippen MR) is 77.2 cm³/mol. The van der Waals surface area contributed by atoms with Gasteiger partial charge in [0.25, 0.3) is 0 Å². The van der Waals surface area contributed by atoms with Gasteiger partial charge in [-0.2, -0.15) is 0 Å². The van der Waals surface area contributed by atoms with Crippen LogP contribution >= 0.6 is 0 Å². The summed E-state index contributed by atoms with van der Waals surface area (Å²) in [5, 5.41) is 3.29. The van der Waals surface area contributed by atoms with Crippen molar-refractivity contribution >= 4 is 5.91 Å². The van der Waals surface area contributed by atoms with E-state index in [1.165, 1.54) is 0 Å². The van der Waals surface area contributed by atoms with Gasteiger partial charge in [0.1, 0.15) is 0 Å². The van der Waals surface area contributed by atoms with Crippen LogP contribution in [0.25, 0.3) is 0 Å². The van der Waals surface area contributed by atoms with E-state index in [-0.39, 0.29) is 11.3 Å². The first kappa shape index (κ1) is 16.4. The summed E-state index contributed by atoms with van der Waals surface area (Å²) < 4.78 is 5.13. The molecule has 1 aliphatic heterocycles. The third kappa shape index (κ3) is 5.09. The lowest BCUT2D eigenvalue weighted by atomic mass is 9.88. The number of hydrogen-bond acceptors (Lipinski definition) is 4. The van der Waals surface area contributed by atoms with Crippen molar-refractivity contribution in [1.29, 1.82) is 0 Å².